The van der Waals surface area contributed by atoms with Crippen molar-refractivity contribution in [1.29, 1.82) is 0 Å². The van der Waals surface area contributed by atoms with Gasteiger partial charge in [-0.05, 0) is 53.8 Å². The third-order valence-electron chi connectivity index (χ3n) is 4.62. The van der Waals surface area contributed by atoms with Crippen molar-refractivity contribution in [1.82, 2.24) is 4.98 Å². The van der Waals surface area contributed by atoms with Crippen LogP contribution in [0.25, 0.3) is 22.2 Å². The van der Waals surface area contributed by atoms with Gasteiger partial charge in [0.1, 0.15) is 0 Å². The molecule has 3 aromatic rings. The Balaban J connectivity index is 2.09. The van der Waals surface area contributed by atoms with E-state index in [9.17, 15) is 23.1 Å². The van der Waals surface area contributed by atoms with Gasteiger partial charge in [0.15, 0.2) is 0 Å². The number of H-pyrrole nitrogens is 1. The molecule has 0 bridgehead atoms. The molecule has 0 fully saturated rings. The number of carboxylic acids is 1. The van der Waals surface area contributed by atoms with Gasteiger partial charge < -0.3 is 10.1 Å². The molecule has 6 heteroatoms. The summed E-state index contributed by atoms with van der Waals surface area (Å²) in [5.41, 5.74) is 2.84. The van der Waals surface area contributed by atoms with E-state index >= 15 is 0 Å². The van der Waals surface area contributed by atoms with E-state index in [1.807, 2.05) is 18.2 Å². The first-order valence-corrected chi connectivity index (χ1v) is 8.82. The van der Waals surface area contributed by atoms with Gasteiger partial charge in [-0.2, -0.15) is 13.2 Å². The van der Waals surface area contributed by atoms with Crippen LogP contribution in [-0.2, 0) is 23.8 Å². The fourth-order valence-corrected chi connectivity index (χ4v) is 3.24. The van der Waals surface area contributed by atoms with Crippen LogP contribution in [0.4, 0.5) is 13.2 Å². The molecule has 0 aliphatic carbocycles. The van der Waals surface area contributed by atoms with Gasteiger partial charge in [0.2, 0.25) is 0 Å². The molecule has 3 nitrogen and oxygen atoms in total. The number of aromatic nitrogens is 1. The van der Waals surface area contributed by atoms with E-state index < -0.39 is 17.7 Å². The SMILES string of the molecule is CCCCc1ccc2[nH]c(-c3ccc(C(F)(F)F)cc3)c(CC(=O)O)c2c1. The number of alkyl halides is 3. The third-order valence-corrected chi connectivity index (χ3v) is 4.62. The monoisotopic (exact) mass is 375 g/mol. The number of aliphatic carboxylic acids is 1. The molecule has 1 heterocycles. The van der Waals surface area contributed by atoms with Crippen LogP contribution >= 0.6 is 0 Å². The maximum absolute atomic E-state index is 12.8. The molecule has 3 rings (SSSR count). The van der Waals surface area contributed by atoms with Crippen molar-refractivity contribution < 1.29 is 23.1 Å². The lowest BCUT2D eigenvalue weighted by atomic mass is 9.99. The second-order valence-electron chi connectivity index (χ2n) is 6.61. The highest BCUT2D eigenvalue weighted by molar-refractivity contribution is 5.94. The predicted molar refractivity (Wildman–Crippen MR) is 98.7 cm³/mol. The first-order chi connectivity index (χ1) is 12.8. The summed E-state index contributed by atoms with van der Waals surface area (Å²) in [7, 11) is 0. The van der Waals surface area contributed by atoms with E-state index in [1.165, 1.54) is 12.1 Å². The predicted octanol–water partition coefficient (Wildman–Crippen LogP) is 5.82. The lowest BCUT2D eigenvalue weighted by molar-refractivity contribution is -0.138. The lowest BCUT2D eigenvalue weighted by Gasteiger charge is -2.08. The Hall–Kier alpha value is -2.76. The summed E-state index contributed by atoms with van der Waals surface area (Å²) >= 11 is 0. The van der Waals surface area contributed by atoms with Gasteiger partial charge in [-0.15, -0.1) is 0 Å². The molecule has 0 atom stereocenters. The number of halogens is 3. The molecule has 27 heavy (non-hydrogen) atoms. The summed E-state index contributed by atoms with van der Waals surface area (Å²) in [6.07, 6.45) is -1.61. The normalized spacial score (nSPS) is 11.9. The van der Waals surface area contributed by atoms with Crippen molar-refractivity contribution in [3.05, 3.63) is 59.2 Å². The van der Waals surface area contributed by atoms with Gasteiger partial charge in [0.05, 0.1) is 17.7 Å². The molecule has 0 saturated heterocycles. The Morgan fingerprint density at radius 3 is 2.41 bits per heavy atom. The zero-order valence-corrected chi connectivity index (χ0v) is 14.9. The topological polar surface area (TPSA) is 53.1 Å². The summed E-state index contributed by atoms with van der Waals surface area (Å²) in [6, 6.07) is 10.6. The van der Waals surface area contributed by atoms with E-state index in [1.54, 1.807) is 0 Å². The van der Waals surface area contributed by atoms with Crippen molar-refractivity contribution >= 4 is 16.9 Å². The Morgan fingerprint density at radius 1 is 1.11 bits per heavy atom. The molecular formula is C21H20F3NO2. The van der Waals surface area contributed by atoms with Crippen LogP contribution in [0.5, 0.6) is 0 Å². The van der Waals surface area contributed by atoms with Gasteiger partial charge in [0.25, 0.3) is 0 Å². The Labute approximate surface area is 154 Å². The zero-order chi connectivity index (χ0) is 19.6. The van der Waals surface area contributed by atoms with Gasteiger partial charge >= 0.3 is 12.1 Å². The smallest absolute Gasteiger partial charge is 0.416 e. The van der Waals surface area contributed by atoms with Gasteiger partial charge in [-0.1, -0.05) is 31.5 Å². The van der Waals surface area contributed by atoms with Crippen molar-refractivity contribution in [2.24, 2.45) is 0 Å². The van der Waals surface area contributed by atoms with Crippen LogP contribution in [0.3, 0.4) is 0 Å². The van der Waals surface area contributed by atoms with Crippen LogP contribution in [0.15, 0.2) is 42.5 Å². The molecule has 0 spiro atoms. The fourth-order valence-electron chi connectivity index (χ4n) is 3.24. The van der Waals surface area contributed by atoms with E-state index in [0.717, 1.165) is 47.9 Å². The summed E-state index contributed by atoms with van der Waals surface area (Å²) in [5.74, 6) is -0.983. The molecule has 0 unspecified atom stereocenters. The van der Waals surface area contributed by atoms with Crippen LogP contribution in [0.1, 0.15) is 36.5 Å². The second kappa shape index (κ2) is 7.47. The summed E-state index contributed by atoms with van der Waals surface area (Å²) in [5, 5.41) is 10.1. The molecule has 0 radical (unpaired) electrons. The molecular weight excluding hydrogens is 355 g/mol. The van der Waals surface area contributed by atoms with Gasteiger partial charge in [0, 0.05) is 10.9 Å². The summed E-state index contributed by atoms with van der Waals surface area (Å²) in [4.78, 5) is 14.6. The molecule has 0 saturated carbocycles. The molecule has 0 amide bonds. The quantitative estimate of drug-likeness (QED) is 0.570. The number of carboxylic acid groups (broad SMARTS) is 1. The maximum atomic E-state index is 12.8. The molecule has 2 N–H and O–H groups in total. The first kappa shape index (κ1) is 19.0. The Bertz CT molecular complexity index is 956. The van der Waals surface area contributed by atoms with E-state index in [0.29, 0.717) is 16.8 Å². The molecule has 142 valence electrons. The number of rotatable bonds is 6. The van der Waals surface area contributed by atoms with Crippen LogP contribution in [0, 0.1) is 0 Å². The van der Waals surface area contributed by atoms with Crippen molar-refractivity contribution in [3.63, 3.8) is 0 Å². The Morgan fingerprint density at radius 2 is 1.81 bits per heavy atom. The number of carbonyl (C=O) groups is 1. The standard InChI is InChI=1S/C21H20F3NO2/c1-2-3-4-13-5-10-18-16(11-13)17(12-19(26)27)20(25-18)14-6-8-15(9-7-14)21(22,23)24/h5-11,25H,2-4,12H2,1H3,(H,26,27). The summed E-state index contributed by atoms with van der Waals surface area (Å²) in [6.45, 7) is 2.10. The van der Waals surface area contributed by atoms with Gasteiger partial charge in [-0.3, -0.25) is 4.79 Å². The number of fused-ring (bicyclic) bond motifs is 1. The summed E-state index contributed by atoms with van der Waals surface area (Å²) < 4.78 is 38.4. The highest BCUT2D eigenvalue weighted by atomic mass is 19.4. The average molecular weight is 375 g/mol. The minimum absolute atomic E-state index is 0.201. The first-order valence-electron chi connectivity index (χ1n) is 8.82. The van der Waals surface area contributed by atoms with E-state index in [4.69, 9.17) is 0 Å². The number of aryl methyl sites for hydroxylation is 1. The number of hydrogen-bond acceptors (Lipinski definition) is 1. The molecule has 0 aliphatic heterocycles. The highest BCUT2D eigenvalue weighted by Crippen LogP contribution is 2.34. The third kappa shape index (κ3) is 4.15. The van der Waals surface area contributed by atoms with Crippen molar-refractivity contribution in [2.45, 2.75) is 38.8 Å². The number of aromatic amines is 1. The average Bonchev–Trinajstić information content (AvgIpc) is 2.96. The largest absolute Gasteiger partial charge is 0.481 e. The molecule has 0 aliphatic rings. The molecule has 2 aromatic carbocycles. The van der Waals surface area contributed by atoms with Crippen LogP contribution in [-0.4, -0.2) is 16.1 Å². The second-order valence-corrected chi connectivity index (χ2v) is 6.61. The highest BCUT2D eigenvalue weighted by Gasteiger charge is 2.30. The molecule has 1 aromatic heterocycles. The number of nitrogens with one attached hydrogen (secondary N) is 1. The number of hydrogen-bond donors (Lipinski definition) is 2. The maximum Gasteiger partial charge on any atom is 0.416 e. The van der Waals surface area contributed by atoms with E-state index in [-0.39, 0.29) is 6.42 Å². The van der Waals surface area contributed by atoms with Crippen LogP contribution < -0.4 is 0 Å². The number of unbranched alkanes of at least 4 members (excludes halogenated alkanes) is 1. The lowest BCUT2D eigenvalue weighted by Crippen LogP contribution is -2.04. The van der Waals surface area contributed by atoms with Crippen molar-refractivity contribution in [2.75, 3.05) is 0 Å². The van der Waals surface area contributed by atoms with Crippen LogP contribution in [0.2, 0.25) is 0 Å². The van der Waals surface area contributed by atoms with E-state index in [2.05, 4.69) is 11.9 Å². The Kier molecular flexibility index (Phi) is 5.26. The van der Waals surface area contributed by atoms with Gasteiger partial charge in [-0.25, -0.2) is 0 Å². The minimum atomic E-state index is -4.41. The fraction of sp³-hybridized carbons (Fsp3) is 0.286. The minimum Gasteiger partial charge on any atom is -0.481 e. The van der Waals surface area contributed by atoms with Crippen molar-refractivity contribution in [3.8, 4) is 11.3 Å². The zero-order valence-electron chi connectivity index (χ0n) is 14.9. The number of benzene rings is 2.